The van der Waals surface area contributed by atoms with Crippen LogP contribution >= 0.6 is 0 Å². The maximum Gasteiger partial charge on any atom is 0.371 e. The van der Waals surface area contributed by atoms with E-state index >= 15 is 0 Å². The molecule has 1 heterocycles. The molecule has 7 nitrogen and oxygen atoms in total. The predicted octanol–water partition coefficient (Wildman–Crippen LogP) is 0.812. The average molecular weight is 256 g/mol. The summed E-state index contributed by atoms with van der Waals surface area (Å²) in [6.45, 7) is 2.34. The topological polar surface area (TPSA) is 101 Å². The largest absolute Gasteiger partial charge is 0.475 e. The Hall–Kier alpha value is -2.02. The first-order valence-corrected chi connectivity index (χ1v) is 5.38. The fourth-order valence-electron chi connectivity index (χ4n) is 1.32. The third-order valence-electron chi connectivity index (χ3n) is 2.09. The van der Waals surface area contributed by atoms with E-state index in [9.17, 15) is 9.59 Å². The summed E-state index contributed by atoms with van der Waals surface area (Å²) in [5, 5.41) is 13.8. The summed E-state index contributed by atoms with van der Waals surface area (Å²) in [4.78, 5) is 22.0. The zero-order valence-corrected chi connectivity index (χ0v) is 10.2. The van der Waals surface area contributed by atoms with Gasteiger partial charge in [0.25, 0.3) is 0 Å². The molecule has 18 heavy (non-hydrogen) atoms. The SMILES string of the molecule is COCC(C)NC(=O)NCc1ccc(C(=O)O)o1. The first-order valence-electron chi connectivity index (χ1n) is 5.38. The van der Waals surface area contributed by atoms with Gasteiger partial charge in [-0.1, -0.05) is 0 Å². The zero-order chi connectivity index (χ0) is 13.5. The predicted molar refractivity (Wildman–Crippen MR) is 62.4 cm³/mol. The third kappa shape index (κ3) is 4.46. The molecule has 0 fully saturated rings. The summed E-state index contributed by atoms with van der Waals surface area (Å²) >= 11 is 0. The fourth-order valence-corrected chi connectivity index (χ4v) is 1.32. The molecular weight excluding hydrogens is 240 g/mol. The van der Waals surface area contributed by atoms with Crippen molar-refractivity contribution in [3.8, 4) is 0 Å². The Bertz CT molecular complexity index is 415. The van der Waals surface area contributed by atoms with E-state index in [2.05, 4.69) is 10.6 Å². The molecule has 0 aliphatic heterocycles. The van der Waals surface area contributed by atoms with Gasteiger partial charge in [0.1, 0.15) is 5.76 Å². The van der Waals surface area contributed by atoms with Crippen LogP contribution in [0, 0.1) is 0 Å². The van der Waals surface area contributed by atoms with Gasteiger partial charge in [0.15, 0.2) is 0 Å². The van der Waals surface area contributed by atoms with Crippen LogP contribution in [0.25, 0.3) is 0 Å². The lowest BCUT2D eigenvalue weighted by molar-refractivity contribution is 0.0660. The Labute approximate surface area is 104 Å². The van der Waals surface area contributed by atoms with Crippen LogP contribution in [0.15, 0.2) is 16.5 Å². The van der Waals surface area contributed by atoms with Crippen molar-refractivity contribution in [2.75, 3.05) is 13.7 Å². The van der Waals surface area contributed by atoms with Gasteiger partial charge < -0.3 is 24.9 Å². The number of urea groups is 1. The average Bonchev–Trinajstić information content (AvgIpc) is 2.75. The maximum atomic E-state index is 11.4. The van der Waals surface area contributed by atoms with Crippen LogP contribution in [0.4, 0.5) is 4.79 Å². The zero-order valence-electron chi connectivity index (χ0n) is 10.2. The Kier molecular flexibility index (Phi) is 5.19. The number of carboxylic acids is 1. The summed E-state index contributed by atoms with van der Waals surface area (Å²) in [6.07, 6.45) is 0. The van der Waals surface area contributed by atoms with E-state index in [4.69, 9.17) is 14.3 Å². The minimum Gasteiger partial charge on any atom is -0.475 e. The number of amides is 2. The number of ether oxygens (including phenoxy) is 1. The van der Waals surface area contributed by atoms with Gasteiger partial charge in [-0.3, -0.25) is 0 Å². The summed E-state index contributed by atoms with van der Waals surface area (Å²) in [6, 6.07) is 2.36. The lowest BCUT2D eigenvalue weighted by Gasteiger charge is -2.12. The number of aromatic carboxylic acids is 1. The molecule has 0 radical (unpaired) electrons. The number of rotatable bonds is 6. The summed E-state index contributed by atoms with van der Waals surface area (Å²) in [5.74, 6) is -0.915. The number of hydrogen-bond acceptors (Lipinski definition) is 4. The van der Waals surface area contributed by atoms with E-state index in [1.807, 2.05) is 0 Å². The highest BCUT2D eigenvalue weighted by Gasteiger charge is 2.10. The Balaban J connectivity index is 2.35. The molecule has 3 N–H and O–H groups in total. The molecule has 0 aliphatic rings. The van der Waals surface area contributed by atoms with Crippen molar-refractivity contribution in [3.63, 3.8) is 0 Å². The van der Waals surface area contributed by atoms with Crippen molar-refractivity contribution in [3.05, 3.63) is 23.7 Å². The highest BCUT2D eigenvalue weighted by molar-refractivity contribution is 5.84. The smallest absolute Gasteiger partial charge is 0.371 e. The summed E-state index contributed by atoms with van der Waals surface area (Å²) in [7, 11) is 1.55. The van der Waals surface area contributed by atoms with Crippen molar-refractivity contribution in [2.45, 2.75) is 19.5 Å². The Morgan fingerprint density at radius 3 is 2.78 bits per heavy atom. The lowest BCUT2D eigenvalue weighted by Crippen LogP contribution is -2.42. The van der Waals surface area contributed by atoms with Gasteiger partial charge in [-0.15, -0.1) is 0 Å². The van der Waals surface area contributed by atoms with Crippen LogP contribution in [0.2, 0.25) is 0 Å². The quantitative estimate of drug-likeness (QED) is 0.699. The highest BCUT2D eigenvalue weighted by Crippen LogP contribution is 2.07. The molecule has 0 bridgehead atoms. The molecule has 0 saturated heterocycles. The first-order chi connectivity index (χ1) is 8.52. The normalized spacial score (nSPS) is 11.9. The Morgan fingerprint density at radius 2 is 2.22 bits per heavy atom. The molecule has 1 unspecified atom stereocenters. The number of carbonyl (C=O) groups is 2. The van der Waals surface area contributed by atoms with Gasteiger partial charge >= 0.3 is 12.0 Å². The molecule has 1 rings (SSSR count). The summed E-state index contributed by atoms with van der Waals surface area (Å²) < 4.78 is 9.85. The molecule has 1 atom stereocenters. The van der Waals surface area contributed by atoms with Gasteiger partial charge in [-0.2, -0.15) is 0 Å². The standard InChI is InChI=1S/C11H16N2O5/c1-7(6-17-2)13-11(16)12-5-8-3-4-9(18-8)10(14)15/h3-4,7H,5-6H2,1-2H3,(H,14,15)(H2,12,13,16). The van der Waals surface area contributed by atoms with E-state index in [0.29, 0.717) is 12.4 Å². The maximum absolute atomic E-state index is 11.4. The van der Waals surface area contributed by atoms with Gasteiger partial charge in [0, 0.05) is 7.11 Å². The van der Waals surface area contributed by atoms with Crippen molar-refractivity contribution in [1.82, 2.24) is 10.6 Å². The van der Waals surface area contributed by atoms with Crippen LogP contribution in [0.3, 0.4) is 0 Å². The van der Waals surface area contributed by atoms with Crippen molar-refractivity contribution >= 4 is 12.0 Å². The second-order valence-corrected chi connectivity index (χ2v) is 3.75. The minimum atomic E-state index is -1.14. The molecular formula is C11H16N2O5. The molecule has 1 aromatic heterocycles. The molecule has 1 aromatic rings. The molecule has 2 amide bonds. The first kappa shape index (κ1) is 14.0. The second-order valence-electron chi connectivity index (χ2n) is 3.75. The van der Waals surface area contributed by atoms with Gasteiger partial charge in [-0.05, 0) is 19.1 Å². The van der Waals surface area contributed by atoms with Crippen molar-refractivity contribution < 1.29 is 23.8 Å². The molecule has 0 aromatic carbocycles. The number of carboxylic acid groups (broad SMARTS) is 1. The van der Waals surface area contributed by atoms with Crippen LogP contribution < -0.4 is 10.6 Å². The van der Waals surface area contributed by atoms with Gasteiger partial charge in [0.05, 0.1) is 19.2 Å². The number of furan rings is 1. The van der Waals surface area contributed by atoms with E-state index in [1.54, 1.807) is 14.0 Å². The van der Waals surface area contributed by atoms with Crippen LogP contribution in [0.1, 0.15) is 23.2 Å². The van der Waals surface area contributed by atoms with E-state index in [1.165, 1.54) is 12.1 Å². The second kappa shape index (κ2) is 6.65. The van der Waals surface area contributed by atoms with Gasteiger partial charge in [0.2, 0.25) is 5.76 Å². The third-order valence-corrected chi connectivity index (χ3v) is 2.09. The molecule has 100 valence electrons. The molecule has 0 aliphatic carbocycles. The van der Waals surface area contributed by atoms with Crippen molar-refractivity contribution in [1.29, 1.82) is 0 Å². The number of carbonyl (C=O) groups excluding carboxylic acids is 1. The lowest BCUT2D eigenvalue weighted by atomic mass is 10.4. The van der Waals surface area contributed by atoms with E-state index in [0.717, 1.165) is 0 Å². The van der Waals surface area contributed by atoms with Gasteiger partial charge in [-0.25, -0.2) is 9.59 Å². The van der Waals surface area contributed by atoms with Crippen LogP contribution in [-0.4, -0.2) is 36.9 Å². The monoisotopic (exact) mass is 256 g/mol. The van der Waals surface area contributed by atoms with Crippen molar-refractivity contribution in [2.24, 2.45) is 0 Å². The number of hydrogen-bond donors (Lipinski definition) is 3. The number of methoxy groups -OCH3 is 1. The Morgan fingerprint density at radius 1 is 1.50 bits per heavy atom. The fraction of sp³-hybridized carbons (Fsp3) is 0.455. The minimum absolute atomic E-state index is 0.110. The molecule has 0 spiro atoms. The van der Waals surface area contributed by atoms with E-state index in [-0.39, 0.29) is 24.4 Å². The number of nitrogens with one attached hydrogen (secondary N) is 2. The molecule has 7 heteroatoms. The van der Waals surface area contributed by atoms with E-state index < -0.39 is 5.97 Å². The van der Waals surface area contributed by atoms with Crippen LogP contribution in [0.5, 0.6) is 0 Å². The highest BCUT2D eigenvalue weighted by atomic mass is 16.5. The summed E-state index contributed by atoms with van der Waals surface area (Å²) in [5.41, 5.74) is 0. The van der Waals surface area contributed by atoms with Crippen LogP contribution in [-0.2, 0) is 11.3 Å². The molecule has 0 saturated carbocycles.